The van der Waals surface area contributed by atoms with Crippen LogP contribution in [-0.2, 0) is 11.2 Å². The van der Waals surface area contributed by atoms with Crippen molar-refractivity contribution in [1.82, 2.24) is 0 Å². The van der Waals surface area contributed by atoms with Crippen molar-refractivity contribution >= 4 is 5.78 Å². The number of allylic oxidation sites excluding steroid dienone is 2. The van der Waals surface area contributed by atoms with E-state index in [4.69, 9.17) is 0 Å². The number of hydrogen-bond acceptors (Lipinski definition) is 1. The van der Waals surface area contributed by atoms with Gasteiger partial charge in [-0.3, -0.25) is 4.79 Å². The number of hydrogen-bond donors (Lipinski definition) is 0. The summed E-state index contributed by atoms with van der Waals surface area (Å²) in [6.45, 7) is 0. The lowest BCUT2D eigenvalue weighted by Gasteiger charge is -2.16. The van der Waals surface area contributed by atoms with Gasteiger partial charge >= 0.3 is 0 Å². The van der Waals surface area contributed by atoms with E-state index in [9.17, 15) is 9.18 Å². The first-order valence-electron chi connectivity index (χ1n) is 6.18. The molecule has 0 N–H and O–H groups in total. The summed E-state index contributed by atoms with van der Waals surface area (Å²) >= 11 is 0. The zero-order valence-corrected chi connectivity index (χ0v) is 9.86. The van der Waals surface area contributed by atoms with E-state index in [-0.39, 0.29) is 11.6 Å². The molecule has 0 spiro atoms. The van der Waals surface area contributed by atoms with Crippen LogP contribution in [0.1, 0.15) is 31.2 Å². The molecule has 0 amide bonds. The molecule has 90 valence electrons. The highest BCUT2D eigenvalue weighted by Crippen LogP contribution is 2.22. The maximum Gasteiger partial charge on any atom is 0.155 e. The predicted octanol–water partition coefficient (Wildman–Crippen LogP) is 3.68. The van der Waals surface area contributed by atoms with Crippen molar-refractivity contribution in [1.29, 1.82) is 0 Å². The second-order valence-electron chi connectivity index (χ2n) is 4.69. The summed E-state index contributed by atoms with van der Waals surface area (Å²) in [5, 5.41) is 0. The zero-order chi connectivity index (χ0) is 12.1. The lowest BCUT2D eigenvalue weighted by Crippen LogP contribution is -2.10. The van der Waals surface area contributed by atoms with Gasteiger partial charge in [-0.25, -0.2) is 4.39 Å². The van der Waals surface area contributed by atoms with E-state index >= 15 is 0 Å². The molecule has 0 aromatic heterocycles. The van der Waals surface area contributed by atoms with Crippen LogP contribution in [0.2, 0.25) is 0 Å². The smallest absolute Gasteiger partial charge is 0.155 e. The van der Waals surface area contributed by atoms with Gasteiger partial charge in [-0.1, -0.05) is 18.2 Å². The van der Waals surface area contributed by atoms with Gasteiger partial charge in [0, 0.05) is 6.42 Å². The SMILES string of the molecule is O=C1C=CCC(CCCc2ccc(F)cc2)C1. The Labute approximate surface area is 101 Å². The van der Waals surface area contributed by atoms with Gasteiger partial charge in [0.25, 0.3) is 0 Å². The van der Waals surface area contributed by atoms with Crippen LogP contribution in [0.15, 0.2) is 36.4 Å². The third-order valence-electron chi connectivity index (χ3n) is 3.25. The van der Waals surface area contributed by atoms with Crippen LogP contribution in [0.25, 0.3) is 0 Å². The summed E-state index contributed by atoms with van der Waals surface area (Å²) in [5.74, 6) is 0.577. The normalized spacial score (nSPS) is 19.6. The number of rotatable bonds is 4. The molecule has 17 heavy (non-hydrogen) atoms. The molecule has 0 fully saturated rings. The van der Waals surface area contributed by atoms with Crippen LogP contribution < -0.4 is 0 Å². The second-order valence-corrected chi connectivity index (χ2v) is 4.69. The Kier molecular flexibility index (Phi) is 4.08. The minimum atomic E-state index is -0.184. The number of ketones is 1. The molecule has 2 rings (SSSR count). The summed E-state index contributed by atoms with van der Waals surface area (Å²) < 4.78 is 12.7. The highest BCUT2D eigenvalue weighted by atomic mass is 19.1. The summed E-state index contributed by atoms with van der Waals surface area (Å²) in [5.41, 5.74) is 1.17. The number of carbonyl (C=O) groups excluding carboxylic acids is 1. The van der Waals surface area contributed by atoms with Gasteiger partial charge in [0.2, 0.25) is 0 Å². The summed E-state index contributed by atoms with van der Waals surface area (Å²) in [6.07, 6.45) is 8.50. The van der Waals surface area contributed by atoms with Crippen LogP contribution in [0.3, 0.4) is 0 Å². The van der Waals surface area contributed by atoms with E-state index in [0.717, 1.165) is 25.7 Å². The molecule has 1 aliphatic rings. The molecular formula is C15H17FO. The number of benzene rings is 1. The monoisotopic (exact) mass is 232 g/mol. The van der Waals surface area contributed by atoms with Crippen molar-refractivity contribution in [2.75, 3.05) is 0 Å². The molecule has 1 aliphatic carbocycles. The fourth-order valence-electron chi connectivity index (χ4n) is 2.29. The molecule has 1 aromatic carbocycles. The molecule has 2 heteroatoms. The van der Waals surface area contributed by atoms with Gasteiger partial charge in [0.15, 0.2) is 5.78 Å². The molecule has 0 radical (unpaired) electrons. The third-order valence-corrected chi connectivity index (χ3v) is 3.25. The van der Waals surface area contributed by atoms with Crippen LogP contribution in [0.5, 0.6) is 0 Å². The number of aryl methyl sites for hydroxylation is 1. The molecule has 0 saturated carbocycles. The van der Waals surface area contributed by atoms with Crippen LogP contribution in [0.4, 0.5) is 4.39 Å². The van der Waals surface area contributed by atoms with Gasteiger partial charge < -0.3 is 0 Å². The molecule has 0 saturated heterocycles. The Morgan fingerprint density at radius 3 is 2.71 bits per heavy atom. The van der Waals surface area contributed by atoms with E-state index in [1.807, 2.05) is 18.2 Å². The van der Waals surface area contributed by atoms with Gasteiger partial charge in [0.05, 0.1) is 0 Å². The van der Waals surface area contributed by atoms with Crippen LogP contribution in [0, 0.1) is 11.7 Å². The third kappa shape index (κ3) is 3.81. The Morgan fingerprint density at radius 2 is 2.00 bits per heavy atom. The van der Waals surface area contributed by atoms with Crippen LogP contribution >= 0.6 is 0 Å². The first-order chi connectivity index (χ1) is 8.24. The van der Waals surface area contributed by atoms with E-state index < -0.39 is 0 Å². The highest BCUT2D eigenvalue weighted by Gasteiger charge is 2.14. The fraction of sp³-hybridized carbons (Fsp3) is 0.400. The summed E-state index contributed by atoms with van der Waals surface area (Å²) in [4.78, 5) is 11.2. The summed E-state index contributed by atoms with van der Waals surface area (Å²) in [6, 6.07) is 6.67. The van der Waals surface area contributed by atoms with Gasteiger partial charge in [-0.05, 0) is 55.4 Å². The summed E-state index contributed by atoms with van der Waals surface area (Å²) in [7, 11) is 0. The molecule has 0 aliphatic heterocycles. The molecule has 1 aromatic rings. The second kappa shape index (κ2) is 5.76. The Hall–Kier alpha value is -1.44. The van der Waals surface area contributed by atoms with Gasteiger partial charge in [0.1, 0.15) is 5.82 Å². The highest BCUT2D eigenvalue weighted by molar-refractivity contribution is 5.90. The predicted molar refractivity (Wildman–Crippen MR) is 66.2 cm³/mol. The van der Waals surface area contributed by atoms with Crippen molar-refractivity contribution in [2.24, 2.45) is 5.92 Å². The van der Waals surface area contributed by atoms with Crippen molar-refractivity contribution in [2.45, 2.75) is 32.1 Å². The van der Waals surface area contributed by atoms with Crippen molar-refractivity contribution in [3.05, 3.63) is 47.8 Å². The average molecular weight is 232 g/mol. The topological polar surface area (TPSA) is 17.1 Å². The first kappa shape index (κ1) is 12.0. The fourth-order valence-corrected chi connectivity index (χ4v) is 2.29. The Morgan fingerprint density at radius 1 is 1.24 bits per heavy atom. The molecule has 1 atom stereocenters. The quantitative estimate of drug-likeness (QED) is 0.773. The molecule has 0 heterocycles. The number of halogens is 1. The average Bonchev–Trinajstić information content (AvgIpc) is 2.32. The number of carbonyl (C=O) groups is 1. The van der Waals surface area contributed by atoms with Crippen molar-refractivity contribution in [3.63, 3.8) is 0 Å². The van der Waals surface area contributed by atoms with Gasteiger partial charge in [-0.2, -0.15) is 0 Å². The van der Waals surface area contributed by atoms with E-state index in [0.29, 0.717) is 12.3 Å². The van der Waals surface area contributed by atoms with Crippen molar-refractivity contribution < 1.29 is 9.18 Å². The minimum absolute atomic E-state index is 0.184. The molecule has 1 unspecified atom stereocenters. The molecule has 1 nitrogen and oxygen atoms in total. The van der Waals surface area contributed by atoms with E-state index in [2.05, 4.69) is 0 Å². The largest absolute Gasteiger partial charge is 0.295 e. The zero-order valence-electron chi connectivity index (χ0n) is 9.86. The van der Waals surface area contributed by atoms with E-state index in [1.54, 1.807) is 6.08 Å². The Balaban J connectivity index is 1.74. The standard InChI is InChI=1S/C15H17FO/c16-14-9-7-12(8-10-14)3-1-4-13-5-2-6-15(17)11-13/h2,6-10,13H,1,3-5,11H2. The lowest BCUT2D eigenvalue weighted by molar-refractivity contribution is -0.115. The van der Waals surface area contributed by atoms with Crippen LogP contribution in [-0.4, -0.2) is 5.78 Å². The van der Waals surface area contributed by atoms with E-state index in [1.165, 1.54) is 17.7 Å². The Bertz CT molecular complexity index is 405. The maximum atomic E-state index is 12.7. The van der Waals surface area contributed by atoms with Gasteiger partial charge in [-0.15, -0.1) is 0 Å². The minimum Gasteiger partial charge on any atom is -0.295 e. The van der Waals surface area contributed by atoms with Crippen molar-refractivity contribution in [3.8, 4) is 0 Å². The first-order valence-corrected chi connectivity index (χ1v) is 6.18. The molecular weight excluding hydrogens is 215 g/mol. The maximum absolute atomic E-state index is 12.7. The lowest BCUT2D eigenvalue weighted by atomic mass is 9.88. The molecule has 0 bridgehead atoms.